The number of anilines is 1. The van der Waals surface area contributed by atoms with Crippen molar-refractivity contribution in [1.29, 1.82) is 0 Å². The molecule has 0 fully saturated rings. The zero-order chi connectivity index (χ0) is 13.0. The molecule has 5 heteroatoms. The fraction of sp³-hybridized carbons (Fsp3) is 0.231. The van der Waals surface area contributed by atoms with Crippen molar-refractivity contribution in [3.8, 4) is 5.75 Å². The van der Waals surface area contributed by atoms with Crippen molar-refractivity contribution < 1.29 is 4.74 Å². The number of methoxy groups -OCH3 is 1. The molecule has 94 valence electrons. The number of rotatable bonds is 4. The Morgan fingerprint density at radius 1 is 1.28 bits per heavy atom. The maximum absolute atomic E-state index is 5.83. The van der Waals surface area contributed by atoms with Gasteiger partial charge < -0.3 is 9.64 Å². The lowest BCUT2D eigenvalue weighted by molar-refractivity contribution is 0.409. The van der Waals surface area contributed by atoms with Crippen LogP contribution in [0.1, 0.15) is 5.56 Å². The van der Waals surface area contributed by atoms with Crippen LogP contribution in [0.15, 0.2) is 36.7 Å². The predicted molar refractivity (Wildman–Crippen MR) is 72.1 cm³/mol. The van der Waals surface area contributed by atoms with Gasteiger partial charge in [0.2, 0.25) is 0 Å². The monoisotopic (exact) mass is 263 g/mol. The van der Waals surface area contributed by atoms with E-state index < -0.39 is 0 Å². The summed E-state index contributed by atoms with van der Waals surface area (Å²) in [6.07, 6.45) is 3.20. The predicted octanol–water partition coefficient (Wildman–Crippen LogP) is 2.78. The maximum atomic E-state index is 5.83. The highest BCUT2D eigenvalue weighted by molar-refractivity contribution is 6.29. The zero-order valence-corrected chi connectivity index (χ0v) is 11.1. The van der Waals surface area contributed by atoms with E-state index in [4.69, 9.17) is 16.3 Å². The van der Waals surface area contributed by atoms with Crippen molar-refractivity contribution in [2.45, 2.75) is 6.54 Å². The highest BCUT2D eigenvalue weighted by Gasteiger charge is 2.08. The molecule has 0 spiro atoms. The second-order valence-electron chi connectivity index (χ2n) is 3.87. The van der Waals surface area contributed by atoms with Gasteiger partial charge in [-0.25, -0.2) is 4.98 Å². The molecule has 0 atom stereocenters. The summed E-state index contributed by atoms with van der Waals surface area (Å²) in [5.41, 5.74) is 1.09. The molecule has 0 saturated heterocycles. The molecule has 0 bridgehead atoms. The van der Waals surface area contributed by atoms with Crippen LogP contribution in [0, 0.1) is 0 Å². The highest BCUT2D eigenvalue weighted by Crippen LogP contribution is 2.21. The van der Waals surface area contributed by atoms with E-state index in [1.54, 1.807) is 13.3 Å². The second-order valence-corrected chi connectivity index (χ2v) is 4.26. The molecule has 0 aliphatic rings. The minimum absolute atomic E-state index is 0.388. The third kappa shape index (κ3) is 2.90. The van der Waals surface area contributed by atoms with Gasteiger partial charge in [-0.2, -0.15) is 0 Å². The molecule has 1 aromatic heterocycles. The lowest BCUT2D eigenvalue weighted by Crippen LogP contribution is -2.18. The topological polar surface area (TPSA) is 38.2 Å². The summed E-state index contributed by atoms with van der Waals surface area (Å²) in [4.78, 5) is 10.2. The van der Waals surface area contributed by atoms with E-state index in [9.17, 15) is 0 Å². The minimum atomic E-state index is 0.388. The van der Waals surface area contributed by atoms with Crippen molar-refractivity contribution in [3.63, 3.8) is 0 Å². The first kappa shape index (κ1) is 12.6. The van der Waals surface area contributed by atoms with Crippen molar-refractivity contribution >= 4 is 17.4 Å². The van der Waals surface area contributed by atoms with Crippen LogP contribution in [-0.2, 0) is 6.54 Å². The van der Waals surface area contributed by atoms with Crippen LogP contribution in [-0.4, -0.2) is 24.1 Å². The Balaban J connectivity index is 2.18. The Morgan fingerprint density at radius 3 is 2.78 bits per heavy atom. The molecule has 0 amide bonds. The Labute approximate surface area is 111 Å². The van der Waals surface area contributed by atoms with Crippen LogP contribution in [0.4, 0.5) is 5.82 Å². The number of ether oxygens (including phenoxy) is 1. The first-order valence-electron chi connectivity index (χ1n) is 5.51. The van der Waals surface area contributed by atoms with Gasteiger partial charge in [-0.15, -0.1) is 0 Å². The summed E-state index contributed by atoms with van der Waals surface area (Å²) in [6.45, 7) is 0.680. The van der Waals surface area contributed by atoms with E-state index in [1.165, 1.54) is 6.20 Å². The average molecular weight is 264 g/mol. The molecule has 1 aromatic carbocycles. The summed E-state index contributed by atoms with van der Waals surface area (Å²) in [5.74, 6) is 1.59. The lowest BCUT2D eigenvalue weighted by atomic mass is 10.2. The van der Waals surface area contributed by atoms with Crippen LogP contribution in [0.25, 0.3) is 0 Å². The first-order valence-corrected chi connectivity index (χ1v) is 5.89. The average Bonchev–Trinajstić information content (AvgIpc) is 2.39. The van der Waals surface area contributed by atoms with E-state index in [0.29, 0.717) is 11.7 Å². The smallest absolute Gasteiger partial charge is 0.149 e. The van der Waals surface area contributed by atoms with Gasteiger partial charge in [0.1, 0.15) is 16.7 Å². The second kappa shape index (κ2) is 5.69. The molecule has 1 heterocycles. The molecule has 0 unspecified atom stereocenters. The fourth-order valence-corrected chi connectivity index (χ4v) is 1.83. The molecule has 2 rings (SSSR count). The number of para-hydroxylation sites is 1. The summed E-state index contributed by atoms with van der Waals surface area (Å²) in [6, 6.07) is 7.89. The van der Waals surface area contributed by atoms with Gasteiger partial charge in [-0.1, -0.05) is 29.8 Å². The number of nitrogens with zero attached hydrogens (tertiary/aromatic N) is 3. The van der Waals surface area contributed by atoms with Gasteiger partial charge in [-0.05, 0) is 6.07 Å². The van der Waals surface area contributed by atoms with Crippen LogP contribution in [0.3, 0.4) is 0 Å². The van der Waals surface area contributed by atoms with Gasteiger partial charge in [0.25, 0.3) is 0 Å². The number of hydrogen-bond donors (Lipinski definition) is 0. The zero-order valence-electron chi connectivity index (χ0n) is 10.3. The van der Waals surface area contributed by atoms with Gasteiger partial charge in [0, 0.05) is 19.2 Å². The van der Waals surface area contributed by atoms with Gasteiger partial charge in [-0.3, -0.25) is 4.98 Å². The Morgan fingerprint density at radius 2 is 2.06 bits per heavy atom. The molecule has 0 saturated carbocycles. The third-order valence-corrected chi connectivity index (χ3v) is 2.77. The molecular weight excluding hydrogens is 250 g/mol. The van der Waals surface area contributed by atoms with E-state index in [0.717, 1.165) is 17.1 Å². The summed E-state index contributed by atoms with van der Waals surface area (Å²) in [5, 5.41) is 0.388. The van der Waals surface area contributed by atoms with E-state index in [2.05, 4.69) is 9.97 Å². The molecule has 0 aliphatic carbocycles. The van der Waals surface area contributed by atoms with Gasteiger partial charge in [0.15, 0.2) is 0 Å². The molecule has 0 N–H and O–H groups in total. The van der Waals surface area contributed by atoms with Crippen LogP contribution in [0.2, 0.25) is 5.15 Å². The molecule has 4 nitrogen and oxygen atoms in total. The Bertz CT molecular complexity index is 533. The van der Waals surface area contributed by atoms with E-state index in [-0.39, 0.29) is 0 Å². The van der Waals surface area contributed by atoms with Crippen LogP contribution in [0.5, 0.6) is 5.75 Å². The summed E-state index contributed by atoms with van der Waals surface area (Å²) < 4.78 is 5.32. The molecule has 0 aliphatic heterocycles. The lowest BCUT2D eigenvalue weighted by Gasteiger charge is -2.19. The van der Waals surface area contributed by atoms with Crippen molar-refractivity contribution in [2.75, 3.05) is 19.1 Å². The summed E-state index contributed by atoms with van der Waals surface area (Å²) >= 11 is 5.83. The van der Waals surface area contributed by atoms with Gasteiger partial charge in [0.05, 0.1) is 19.5 Å². The van der Waals surface area contributed by atoms with Crippen molar-refractivity contribution in [1.82, 2.24) is 9.97 Å². The summed E-state index contributed by atoms with van der Waals surface area (Å²) in [7, 11) is 3.60. The number of aromatic nitrogens is 2. The number of benzene rings is 1. The standard InChI is InChI=1S/C13H14ClN3O/c1-17(13-8-15-7-12(14)16-13)9-10-5-3-4-6-11(10)18-2/h3-8H,9H2,1-2H3. The van der Waals surface area contributed by atoms with Crippen molar-refractivity contribution in [3.05, 3.63) is 47.4 Å². The molecule has 0 radical (unpaired) electrons. The Hall–Kier alpha value is -1.81. The molecule has 2 aromatic rings. The minimum Gasteiger partial charge on any atom is -0.496 e. The number of hydrogen-bond acceptors (Lipinski definition) is 4. The van der Waals surface area contributed by atoms with E-state index >= 15 is 0 Å². The largest absolute Gasteiger partial charge is 0.496 e. The van der Waals surface area contributed by atoms with E-state index in [1.807, 2.05) is 36.2 Å². The SMILES string of the molecule is COc1ccccc1CN(C)c1cncc(Cl)n1. The van der Waals surface area contributed by atoms with Gasteiger partial charge >= 0.3 is 0 Å². The highest BCUT2D eigenvalue weighted by atomic mass is 35.5. The number of halogens is 1. The fourth-order valence-electron chi connectivity index (χ4n) is 1.69. The first-order chi connectivity index (χ1) is 8.70. The van der Waals surface area contributed by atoms with Crippen LogP contribution >= 0.6 is 11.6 Å². The third-order valence-electron chi connectivity index (χ3n) is 2.58. The molecule has 18 heavy (non-hydrogen) atoms. The normalized spacial score (nSPS) is 10.2. The quantitative estimate of drug-likeness (QED) is 0.850. The Kier molecular flexibility index (Phi) is 3.99. The van der Waals surface area contributed by atoms with Crippen LogP contribution < -0.4 is 9.64 Å². The van der Waals surface area contributed by atoms with Crippen molar-refractivity contribution in [2.24, 2.45) is 0 Å². The maximum Gasteiger partial charge on any atom is 0.149 e. The molecular formula is C13H14ClN3O.